The van der Waals surface area contributed by atoms with Gasteiger partial charge in [0.15, 0.2) is 0 Å². The van der Waals surface area contributed by atoms with E-state index in [0.29, 0.717) is 5.01 Å². The van der Waals surface area contributed by atoms with Gasteiger partial charge in [-0.3, -0.25) is 0 Å². The van der Waals surface area contributed by atoms with E-state index in [9.17, 15) is 30.7 Å². The predicted molar refractivity (Wildman–Crippen MR) is 109 cm³/mol. The Hall–Kier alpha value is -1.11. The van der Waals surface area contributed by atoms with Crippen LogP contribution in [0.5, 0.6) is 0 Å². The first-order valence-electron chi connectivity index (χ1n) is 7.77. The summed E-state index contributed by atoms with van der Waals surface area (Å²) in [4.78, 5) is 3.81. The summed E-state index contributed by atoms with van der Waals surface area (Å²) in [5.74, 6) is -6.24. The molecule has 0 aliphatic carbocycles. The Labute approximate surface area is 191 Å². The summed E-state index contributed by atoms with van der Waals surface area (Å²) >= 11 is 6.38. The number of benzene rings is 2. The molecule has 1 nitrogen and oxygen atoms in total. The van der Waals surface area contributed by atoms with Gasteiger partial charge in [0.2, 0.25) is 0 Å². The molecule has 30 heavy (non-hydrogen) atoms. The van der Waals surface area contributed by atoms with Crippen molar-refractivity contribution in [3.63, 3.8) is 0 Å². The minimum atomic E-state index is -6.42. The van der Waals surface area contributed by atoms with E-state index >= 15 is 0 Å². The lowest BCUT2D eigenvalue weighted by Crippen LogP contribution is -2.49. The van der Waals surface area contributed by atoms with Crippen molar-refractivity contribution >= 4 is 55.0 Å². The molecule has 0 spiro atoms. The maximum absolute atomic E-state index is 14.0. The number of alkyl halides is 7. The summed E-state index contributed by atoms with van der Waals surface area (Å²) in [5.41, 5.74) is 0.788. The van der Waals surface area contributed by atoms with Crippen molar-refractivity contribution in [2.45, 2.75) is 22.2 Å². The molecule has 2 aromatic carbocycles. The second-order valence-electron chi connectivity index (χ2n) is 5.77. The number of rotatable bonds is 5. The Kier molecular flexibility index (Phi) is 6.62. The molecule has 1 heterocycles. The van der Waals surface area contributed by atoms with E-state index in [1.165, 1.54) is 5.38 Å². The highest BCUT2D eigenvalue weighted by molar-refractivity contribution is 9.11. The maximum Gasteiger partial charge on any atom is 0.460 e. The van der Waals surface area contributed by atoms with Crippen molar-refractivity contribution in [3.05, 3.63) is 56.8 Å². The van der Waals surface area contributed by atoms with E-state index in [4.69, 9.17) is 0 Å². The van der Waals surface area contributed by atoms with E-state index < -0.39 is 34.0 Å². The summed E-state index contributed by atoms with van der Waals surface area (Å²) < 4.78 is 92.7. The van der Waals surface area contributed by atoms with Crippen LogP contribution < -0.4 is 0 Å². The number of thioether (sulfide) groups is 1. The maximum atomic E-state index is 14.0. The Morgan fingerprint density at radius 3 is 2.20 bits per heavy atom. The van der Waals surface area contributed by atoms with Gasteiger partial charge in [-0.25, -0.2) is 4.98 Å². The van der Waals surface area contributed by atoms with Crippen LogP contribution in [0.1, 0.15) is 0 Å². The van der Waals surface area contributed by atoms with Crippen LogP contribution in [0.3, 0.4) is 0 Å². The second kappa shape index (κ2) is 8.44. The lowest BCUT2D eigenvalue weighted by atomic mass is 10.2. The average Bonchev–Trinajstić information content (AvgIpc) is 3.10. The number of thiazole rings is 1. The van der Waals surface area contributed by atoms with Gasteiger partial charge in [-0.2, -0.15) is 30.7 Å². The highest BCUT2D eigenvalue weighted by Crippen LogP contribution is 2.56. The van der Waals surface area contributed by atoms with Gasteiger partial charge in [0.25, 0.3) is 0 Å². The van der Waals surface area contributed by atoms with Crippen LogP contribution in [0.15, 0.2) is 55.6 Å². The molecule has 0 saturated carbocycles. The number of nitrogens with zero attached hydrogens (tertiary/aromatic N) is 1. The van der Waals surface area contributed by atoms with E-state index in [1.54, 1.807) is 30.3 Å². The van der Waals surface area contributed by atoms with Gasteiger partial charge >= 0.3 is 17.4 Å². The first-order valence-corrected chi connectivity index (χ1v) is 11.1. The second-order valence-corrected chi connectivity index (χ2v) is 9.43. The molecule has 1 radical (unpaired) electrons. The van der Waals surface area contributed by atoms with E-state index in [2.05, 4.69) is 42.9 Å². The molecule has 0 amide bonds. The standard InChI is InChI=1S/C18H7Br2F7NS2/c19-10-6-11(20)14(12-8-29-15(28-12)9-4-2-1-3-5-9)13(7-10)30-18(26,27)16(21,22)17(23,24)25/h1-5,7-8H. The van der Waals surface area contributed by atoms with Gasteiger partial charge in [0.05, 0.1) is 5.69 Å². The van der Waals surface area contributed by atoms with Crippen LogP contribution in [0, 0.1) is 6.07 Å². The molecule has 0 bridgehead atoms. The van der Waals surface area contributed by atoms with Crippen molar-refractivity contribution < 1.29 is 30.7 Å². The van der Waals surface area contributed by atoms with Crippen LogP contribution in [0.25, 0.3) is 21.8 Å². The Morgan fingerprint density at radius 2 is 1.60 bits per heavy atom. The van der Waals surface area contributed by atoms with Crippen LogP contribution in [0.4, 0.5) is 30.7 Å². The number of hydrogen-bond donors (Lipinski definition) is 0. The van der Waals surface area contributed by atoms with Gasteiger partial charge in [0.1, 0.15) is 5.01 Å². The van der Waals surface area contributed by atoms with Crippen molar-refractivity contribution in [2.75, 3.05) is 0 Å². The fraction of sp³-hybridized carbons (Fsp3) is 0.167. The summed E-state index contributed by atoms with van der Waals surface area (Å²) in [5, 5.41) is -3.45. The summed E-state index contributed by atoms with van der Waals surface area (Å²) in [6, 6.07) is 12.5. The van der Waals surface area contributed by atoms with Gasteiger partial charge < -0.3 is 0 Å². The average molecular weight is 594 g/mol. The predicted octanol–water partition coefficient (Wildman–Crippen LogP) is 8.68. The first kappa shape index (κ1) is 23.6. The zero-order valence-corrected chi connectivity index (χ0v) is 19.0. The molecule has 0 saturated heterocycles. The molecule has 0 N–H and O–H groups in total. The lowest BCUT2D eigenvalue weighted by molar-refractivity contribution is -0.330. The highest BCUT2D eigenvalue weighted by Gasteiger charge is 2.73. The normalized spacial score (nSPS) is 13.0. The van der Waals surface area contributed by atoms with Crippen LogP contribution in [-0.4, -0.2) is 22.3 Å². The Morgan fingerprint density at radius 1 is 0.967 bits per heavy atom. The molecule has 0 aliphatic rings. The van der Waals surface area contributed by atoms with Gasteiger partial charge in [-0.05, 0) is 33.8 Å². The Balaban J connectivity index is 2.07. The van der Waals surface area contributed by atoms with Crippen molar-refractivity contribution in [1.29, 1.82) is 0 Å². The topological polar surface area (TPSA) is 12.9 Å². The molecular weight excluding hydrogens is 587 g/mol. The van der Waals surface area contributed by atoms with Crippen molar-refractivity contribution in [3.8, 4) is 21.8 Å². The SMILES string of the molecule is FC(F)(F)C(F)(F)C(F)(F)Sc1cc(Br)[c]c(Br)c1-c1csc(-c2ccccc2)n1. The van der Waals surface area contributed by atoms with Crippen molar-refractivity contribution in [1.82, 2.24) is 4.98 Å². The molecule has 0 aliphatic heterocycles. The minimum absolute atomic E-state index is 0.0701. The zero-order valence-electron chi connectivity index (χ0n) is 14.2. The lowest BCUT2D eigenvalue weighted by Gasteiger charge is -2.28. The summed E-state index contributed by atoms with van der Waals surface area (Å²) in [6.07, 6.45) is -6.42. The fourth-order valence-electron chi connectivity index (χ4n) is 2.29. The van der Waals surface area contributed by atoms with Crippen LogP contribution in [-0.2, 0) is 0 Å². The molecular formula is C18H7Br2F7NS2. The third-order valence-corrected chi connectivity index (χ3v) is 6.66. The van der Waals surface area contributed by atoms with Gasteiger partial charge in [-0.15, -0.1) is 11.3 Å². The molecule has 159 valence electrons. The molecule has 12 heteroatoms. The van der Waals surface area contributed by atoms with Gasteiger partial charge in [0, 0.05) is 36.4 Å². The zero-order chi connectivity index (χ0) is 22.3. The number of hydrogen-bond acceptors (Lipinski definition) is 3. The molecule has 0 fully saturated rings. The molecule has 1 aromatic heterocycles. The third kappa shape index (κ3) is 4.56. The van der Waals surface area contributed by atoms with E-state index in [-0.39, 0.29) is 20.2 Å². The van der Waals surface area contributed by atoms with Crippen molar-refractivity contribution in [2.24, 2.45) is 0 Å². The molecule has 3 rings (SSSR count). The van der Waals surface area contributed by atoms with Crippen LogP contribution >= 0.6 is 55.0 Å². The van der Waals surface area contributed by atoms with Gasteiger partial charge in [-0.1, -0.05) is 46.3 Å². The first-order chi connectivity index (χ1) is 13.8. The largest absolute Gasteiger partial charge is 0.460 e. The number of aromatic nitrogens is 1. The highest BCUT2D eigenvalue weighted by atomic mass is 79.9. The smallest absolute Gasteiger partial charge is 0.236 e. The monoisotopic (exact) mass is 592 g/mol. The molecule has 3 aromatic rings. The van der Waals surface area contributed by atoms with E-state index in [0.717, 1.165) is 23.0 Å². The summed E-state index contributed by atoms with van der Waals surface area (Å²) in [7, 11) is 0. The summed E-state index contributed by atoms with van der Waals surface area (Å²) in [6.45, 7) is 0. The quantitative estimate of drug-likeness (QED) is 0.217. The third-order valence-electron chi connectivity index (χ3n) is 3.69. The fourth-order valence-corrected chi connectivity index (χ4v) is 5.72. The molecule has 0 unspecified atom stereocenters. The van der Waals surface area contributed by atoms with E-state index in [1.807, 2.05) is 0 Å². The Bertz CT molecular complexity index is 1050. The number of halogens is 9. The molecule has 0 atom stereocenters. The minimum Gasteiger partial charge on any atom is -0.236 e. The van der Waals surface area contributed by atoms with Crippen LogP contribution in [0.2, 0.25) is 0 Å².